The maximum atomic E-state index is 13.7. The number of Topliss-reactive ketones (excluding diaryl/α,β-unsaturated/α-hetero) is 1. The highest BCUT2D eigenvalue weighted by Crippen LogP contribution is 2.51. The number of aryl methyl sites for hydroxylation is 1. The Morgan fingerprint density at radius 2 is 1.94 bits per heavy atom. The first kappa shape index (κ1) is 21.2. The molecule has 6 rings (SSSR count). The van der Waals surface area contributed by atoms with Crippen LogP contribution in [0.2, 0.25) is 5.02 Å². The Bertz CT molecular complexity index is 1440. The van der Waals surface area contributed by atoms with Crippen LogP contribution in [0.15, 0.2) is 77.3 Å². The summed E-state index contributed by atoms with van der Waals surface area (Å²) in [4.78, 5) is 14.9. The minimum absolute atomic E-state index is 0.0917. The lowest BCUT2D eigenvalue weighted by Crippen LogP contribution is -2.30. The van der Waals surface area contributed by atoms with E-state index >= 15 is 0 Å². The summed E-state index contributed by atoms with van der Waals surface area (Å²) < 4.78 is 1.89. The summed E-state index contributed by atoms with van der Waals surface area (Å²) >= 11 is 8.04. The molecule has 170 valence electrons. The third-order valence-electron chi connectivity index (χ3n) is 6.71. The lowest BCUT2D eigenvalue weighted by atomic mass is 9.73. The molecule has 0 saturated heterocycles. The molecule has 2 atom stereocenters. The van der Waals surface area contributed by atoms with E-state index in [4.69, 9.17) is 16.7 Å². The molecule has 5 nitrogen and oxygen atoms in total. The first-order chi connectivity index (χ1) is 16.5. The number of thiophene rings is 1. The number of hydrogen-bond acceptors (Lipinski definition) is 5. The number of carbonyl (C=O) groups is 1. The van der Waals surface area contributed by atoms with Crippen molar-refractivity contribution in [3.8, 4) is 11.4 Å². The molecule has 1 aliphatic carbocycles. The van der Waals surface area contributed by atoms with E-state index in [1.165, 1.54) is 4.88 Å². The topological polar surface area (TPSA) is 67.1 Å². The van der Waals surface area contributed by atoms with Crippen LogP contribution in [0.1, 0.15) is 46.4 Å². The average molecular weight is 488 g/mol. The molecule has 0 spiro atoms. The third-order valence-corrected chi connectivity index (χ3v) is 7.98. The van der Waals surface area contributed by atoms with Gasteiger partial charge in [0.15, 0.2) is 5.78 Å². The summed E-state index contributed by atoms with van der Waals surface area (Å²) in [5, 5.41) is 21.9. The highest BCUT2D eigenvalue weighted by molar-refractivity contribution is 7.10. The monoisotopic (exact) mass is 487 g/mol. The number of anilines is 1. The first-order valence-electron chi connectivity index (χ1n) is 11.2. The Morgan fingerprint density at radius 3 is 2.71 bits per heavy atom. The first-order valence-corrected chi connectivity index (χ1v) is 12.5. The van der Waals surface area contributed by atoms with Crippen LogP contribution in [-0.2, 0) is 4.79 Å². The van der Waals surface area contributed by atoms with Crippen LogP contribution >= 0.6 is 22.9 Å². The molecule has 2 aromatic heterocycles. The molecule has 0 radical (unpaired) electrons. The van der Waals surface area contributed by atoms with Gasteiger partial charge in [0.2, 0.25) is 0 Å². The minimum atomic E-state index is -0.445. The van der Waals surface area contributed by atoms with Gasteiger partial charge in [0.05, 0.1) is 11.4 Å². The van der Waals surface area contributed by atoms with E-state index in [0.29, 0.717) is 22.6 Å². The van der Waals surface area contributed by atoms with E-state index in [0.717, 1.165) is 34.9 Å². The maximum Gasteiger partial charge on any atom is 0.162 e. The number of aromatic hydroxyl groups is 1. The number of rotatable bonds is 3. The second-order valence-electron chi connectivity index (χ2n) is 8.79. The third kappa shape index (κ3) is 3.37. The summed E-state index contributed by atoms with van der Waals surface area (Å²) in [5.74, 6) is 0.719. The van der Waals surface area contributed by atoms with Crippen LogP contribution in [0.25, 0.3) is 5.69 Å². The van der Waals surface area contributed by atoms with Crippen molar-refractivity contribution in [3.63, 3.8) is 0 Å². The number of halogens is 1. The molecule has 2 N–H and O–H groups in total. The molecule has 0 unspecified atom stereocenters. The van der Waals surface area contributed by atoms with Crippen molar-refractivity contribution < 1.29 is 9.90 Å². The van der Waals surface area contributed by atoms with Crippen LogP contribution in [-0.4, -0.2) is 20.7 Å². The van der Waals surface area contributed by atoms with Gasteiger partial charge < -0.3 is 10.4 Å². The van der Waals surface area contributed by atoms with E-state index in [1.54, 1.807) is 29.5 Å². The van der Waals surface area contributed by atoms with E-state index in [9.17, 15) is 9.90 Å². The molecule has 0 amide bonds. The van der Waals surface area contributed by atoms with Crippen molar-refractivity contribution >= 4 is 34.5 Å². The fraction of sp³-hybridized carbons (Fsp3) is 0.185. The summed E-state index contributed by atoms with van der Waals surface area (Å²) in [6.45, 7) is 1.95. The van der Waals surface area contributed by atoms with Gasteiger partial charge in [-0.25, -0.2) is 4.68 Å². The van der Waals surface area contributed by atoms with Gasteiger partial charge in [0, 0.05) is 50.6 Å². The quantitative estimate of drug-likeness (QED) is 0.343. The van der Waals surface area contributed by atoms with E-state index in [-0.39, 0.29) is 17.5 Å². The van der Waals surface area contributed by atoms with Gasteiger partial charge in [0.25, 0.3) is 0 Å². The molecule has 7 heteroatoms. The molecular weight excluding hydrogens is 466 g/mol. The average Bonchev–Trinajstić information content (AvgIpc) is 3.49. The number of fused-ring (bicyclic) bond motifs is 1. The molecule has 0 fully saturated rings. The Labute approximate surface area is 206 Å². The lowest BCUT2D eigenvalue weighted by molar-refractivity contribution is -0.116. The van der Waals surface area contributed by atoms with Crippen LogP contribution < -0.4 is 5.32 Å². The number of phenols is 1. The van der Waals surface area contributed by atoms with Gasteiger partial charge in [-0.1, -0.05) is 35.9 Å². The van der Waals surface area contributed by atoms with Crippen molar-refractivity contribution in [2.75, 3.05) is 5.32 Å². The molecular formula is C27H22ClN3O2S. The predicted molar refractivity (Wildman–Crippen MR) is 135 cm³/mol. The van der Waals surface area contributed by atoms with Crippen LogP contribution in [0.5, 0.6) is 5.75 Å². The zero-order valence-electron chi connectivity index (χ0n) is 18.5. The van der Waals surface area contributed by atoms with Crippen molar-refractivity contribution in [1.82, 2.24) is 9.78 Å². The second-order valence-corrected chi connectivity index (χ2v) is 10.2. The number of nitrogens with one attached hydrogen (secondary N) is 1. The van der Waals surface area contributed by atoms with Gasteiger partial charge in [-0.2, -0.15) is 5.10 Å². The normalized spacial score (nSPS) is 19.5. The number of ketones is 1. The highest BCUT2D eigenvalue weighted by Gasteiger charge is 2.42. The molecule has 2 aromatic carbocycles. The molecule has 1 aliphatic heterocycles. The standard InChI is InChI=1S/C27H22ClN3O2S/c1-15-24-25(19-14-17(28)9-10-21(19)32)26-20(12-16(13-22(26)33)23-8-5-11-34-23)29-27(24)31(30-15)18-6-3-2-4-7-18/h2-11,14,16,25,29,32H,12-13H2,1H3/t16-,25+/m0/s1. The Hall–Kier alpha value is -3.35. The van der Waals surface area contributed by atoms with Crippen LogP contribution in [0.4, 0.5) is 5.82 Å². The highest BCUT2D eigenvalue weighted by atomic mass is 35.5. The fourth-order valence-electron chi connectivity index (χ4n) is 5.22. The summed E-state index contributed by atoms with van der Waals surface area (Å²) in [6.07, 6.45) is 1.16. The number of nitrogens with zero attached hydrogens (tertiary/aromatic N) is 2. The van der Waals surface area contributed by atoms with Crippen molar-refractivity contribution in [1.29, 1.82) is 0 Å². The number of carbonyl (C=O) groups excluding carboxylic acids is 1. The van der Waals surface area contributed by atoms with E-state index in [1.807, 2.05) is 48.0 Å². The maximum absolute atomic E-state index is 13.7. The molecule has 2 aliphatic rings. The summed E-state index contributed by atoms with van der Waals surface area (Å²) in [7, 11) is 0. The number of benzene rings is 2. The molecule has 4 aromatic rings. The van der Waals surface area contributed by atoms with E-state index < -0.39 is 5.92 Å². The van der Waals surface area contributed by atoms with Crippen molar-refractivity contribution in [3.05, 3.63) is 104 Å². The summed E-state index contributed by atoms with van der Waals surface area (Å²) in [6, 6.07) is 19.1. The van der Waals surface area contributed by atoms with Crippen molar-refractivity contribution in [2.24, 2.45) is 0 Å². The Morgan fingerprint density at radius 1 is 1.12 bits per heavy atom. The molecule has 0 saturated carbocycles. The Kier molecular flexibility index (Phi) is 5.08. The molecule has 0 bridgehead atoms. The van der Waals surface area contributed by atoms with E-state index in [2.05, 4.69) is 16.8 Å². The van der Waals surface area contributed by atoms with Gasteiger partial charge in [-0.3, -0.25) is 4.79 Å². The molecule has 3 heterocycles. The Balaban J connectivity index is 1.58. The lowest BCUT2D eigenvalue weighted by Gasteiger charge is -2.35. The van der Waals surface area contributed by atoms with Gasteiger partial charge in [-0.15, -0.1) is 11.3 Å². The van der Waals surface area contributed by atoms with Gasteiger partial charge >= 0.3 is 0 Å². The number of aromatic nitrogens is 2. The van der Waals surface area contributed by atoms with Crippen LogP contribution in [0.3, 0.4) is 0 Å². The predicted octanol–water partition coefficient (Wildman–Crippen LogP) is 6.56. The summed E-state index contributed by atoms with van der Waals surface area (Å²) in [5.41, 5.74) is 4.84. The minimum Gasteiger partial charge on any atom is -0.508 e. The number of allylic oxidation sites excluding steroid dienone is 2. The smallest absolute Gasteiger partial charge is 0.162 e. The molecule has 34 heavy (non-hydrogen) atoms. The van der Waals surface area contributed by atoms with Gasteiger partial charge in [-0.05, 0) is 55.1 Å². The number of phenolic OH excluding ortho intramolecular Hbond substituents is 1. The SMILES string of the molecule is Cc1nn(-c2ccccc2)c2c1[C@@H](c1cc(Cl)ccc1O)C1=C(C[C@H](c3cccs3)CC1=O)N2. The zero-order chi connectivity index (χ0) is 23.4. The van der Waals surface area contributed by atoms with Gasteiger partial charge in [0.1, 0.15) is 11.6 Å². The number of hydrogen-bond donors (Lipinski definition) is 2. The second kappa shape index (κ2) is 8.15. The largest absolute Gasteiger partial charge is 0.508 e. The van der Waals surface area contributed by atoms with Crippen molar-refractivity contribution in [2.45, 2.75) is 31.6 Å². The van der Waals surface area contributed by atoms with Crippen LogP contribution in [0, 0.1) is 6.92 Å². The fourth-order valence-corrected chi connectivity index (χ4v) is 6.24. The zero-order valence-corrected chi connectivity index (χ0v) is 20.0. The number of para-hydroxylation sites is 1.